The number of nitriles is 1. The van der Waals surface area contributed by atoms with Crippen molar-refractivity contribution in [2.45, 2.75) is 26.8 Å². The SMILES string of the molecule is CCOCC(NC(=O)c1ccc(C#N)cn1)C(C)C. The Morgan fingerprint density at radius 1 is 1.53 bits per heavy atom. The largest absolute Gasteiger partial charge is 0.380 e. The molecule has 0 saturated carbocycles. The summed E-state index contributed by atoms with van der Waals surface area (Å²) in [7, 11) is 0. The zero-order valence-electron chi connectivity index (χ0n) is 11.5. The van der Waals surface area contributed by atoms with E-state index in [1.807, 2.05) is 26.8 Å². The van der Waals surface area contributed by atoms with Crippen LogP contribution < -0.4 is 5.32 Å². The van der Waals surface area contributed by atoms with Gasteiger partial charge in [-0.15, -0.1) is 0 Å². The third-order valence-electron chi connectivity index (χ3n) is 2.75. The Morgan fingerprint density at radius 2 is 2.26 bits per heavy atom. The van der Waals surface area contributed by atoms with Crippen molar-refractivity contribution in [3.63, 3.8) is 0 Å². The number of carbonyl (C=O) groups excluding carboxylic acids is 1. The van der Waals surface area contributed by atoms with E-state index in [0.717, 1.165) is 0 Å². The third-order valence-corrected chi connectivity index (χ3v) is 2.75. The first-order valence-electron chi connectivity index (χ1n) is 6.33. The van der Waals surface area contributed by atoms with E-state index in [1.165, 1.54) is 6.20 Å². The van der Waals surface area contributed by atoms with Gasteiger partial charge in [-0.2, -0.15) is 5.26 Å². The molecule has 1 unspecified atom stereocenters. The van der Waals surface area contributed by atoms with Crippen LogP contribution >= 0.6 is 0 Å². The number of nitrogens with one attached hydrogen (secondary N) is 1. The fourth-order valence-electron chi connectivity index (χ4n) is 1.48. The van der Waals surface area contributed by atoms with Gasteiger partial charge in [0.25, 0.3) is 5.91 Å². The maximum atomic E-state index is 12.0. The van der Waals surface area contributed by atoms with E-state index in [2.05, 4.69) is 10.3 Å². The van der Waals surface area contributed by atoms with Crippen molar-refractivity contribution in [2.75, 3.05) is 13.2 Å². The Morgan fingerprint density at radius 3 is 2.74 bits per heavy atom. The molecule has 19 heavy (non-hydrogen) atoms. The summed E-state index contributed by atoms with van der Waals surface area (Å²) in [6.45, 7) is 7.07. The Bertz CT molecular complexity index is 449. The van der Waals surface area contributed by atoms with Gasteiger partial charge in [-0.05, 0) is 25.0 Å². The van der Waals surface area contributed by atoms with Crippen LogP contribution in [0.1, 0.15) is 36.8 Å². The minimum atomic E-state index is -0.247. The Kier molecular flexibility index (Phi) is 5.97. The summed E-state index contributed by atoms with van der Waals surface area (Å²) in [6, 6.07) is 5.04. The lowest BCUT2D eigenvalue weighted by molar-refractivity contribution is 0.0802. The second-order valence-corrected chi connectivity index (χ2v) is 4.53. The van der Waals surface area contributed by atoms with Crippen LogP contribution in [0.2, 0.25) is 0 Å². The molecule has 1 atom stereocenters. The molecule has 0 fully saturated rings. The van der Waals surface area contributed by atoms with Gasteiger partial charge in [0.1, 0.15) is 11.8 Å². The van der Waals surface area contributed by atoms with E-state index in [1.54, 1.807) is 12.1 Å². The molecule has 0 aromatic carbocycles. The number of hydrogen-bond donors (Lipinski definition) is 1. The highest BCUT2D eigenvalue weighted by Crippen LogP contribution is 2.05. The number of nitrogens with zero attached hydrogens (tertiary/aromatic N) is 2. The van der Waals surface area contributed by atoms with E-state index in [0.29, 0.717) is 24.5 Å². The van der Waals surface area contributed by atoms with Gasteiger partial charge in [0.2, 0.25) is 0 Å². The fraction of sp³-hybridized carbons (Fsp3) is 0.500. The number of pyridine rings is 1. The minimum Gasteiger partial charge on any atom is -0.380 e. The van der Waals surface area contributed by atoms with Gasteiger partial charge in [0, 0.05) is 12.8 Å². The molecule has 102 valence electrons. The van der Waals surface area contributed by atoms with Crippen molar-refractivity contribution in [2.24, 2.45) is 5.92 Å². The first-order chi connectivity index (χ1) is 9.08. The number of carbonyl (C=O) groups is 1. The average Bonchev–Trinajstić information content (AvgIpc) is 2.43. The zero-order chi connectivity index (χ0) is 14.3. The molecule has 5 nitrogen and oxygen atoms in total. The van der Waals surface area contributed by atoms with Crippen molar-refractivity contribution in [1.82, 2.24) is 10.3 Å². The first-order valence-corrected chi connectivity index (χ1v) is 6.33. The summed E-state index contributed by atoms with van der Waals surface area (Å²) >= 11 is 0. The smallest absolute Gasteiger partial charge is 0.270 e. The lowest BCUT2D eigenvalue weighted by Gasteiger charge is -2.21. The predicted molar refractivity (Wildman–Crippen MR) is 71.5 cm³/mol. The van der Waals surface area contributed by atoms with Crippen LogP contribution in [0.15, 0.2) is 18.3 Å². The van der Waals surface area contributed by atoms with Gasteiger partial charge < -0.3 is 10.1 Å². The topological polar surface area (TPSA) is 75.0 Å². The molecule has 1 rings (SSSR count). The maximum Gasteiger partial charge on any atom is 0.270 e. The van der Waals surface area contributed by atoms with E-state index >= 15 is 0 Å². The molecule has 0 spiro atoms. The molecular formula is C14H19N3O2. The van der Waals surface area contributed by atoms with E-state index < -0.39 is 0 Å². The number of ether oxygens (including phenoxy) is 1. The predicted octanol–water partition coefficient (Wildman–Crippen LogP) is 1.74. The Labute approximate surface area is 113 Å². The highest BCUT2D eigenvalue weighted by molar-refractivity contribution is 5.92. The van der Waals surface area contributed by atoms with Crippen molar-refractivity contribution in [3.05, 3.63) is 29.6 Å². The Balaban J connectivity index is 2.67. The molecule has 0 bridgehead atoms. The number of hydrogen-bond acceptors (Lipinski definition) is 4. The minimum absolute atomic E-state index is 0.0510. The van der Waals surface area contributed by atoms with Gasteiger partial charge in [-0.1, -0.05) is 13.8 Å². The molecular weight excluding hydrogens is 242 g/mol. The summed E-state index contributed by atoms with van der Waals surface area (Å²) in [5.74, 6) is 0.0248. The molecule has 0 radical (unpaired) electrons. The molecule has 0 saturated heterocycles. The molecule has 1 aromatic rings. The summed E-state index contributed by atoms with van der Waals surface area (Å²) in [5.41, 5.74) is 0.743. The molecule has 0 aliphatic heterocycles. The van der Waals surface area contributed by atoms with Crippen LogP contribution in [0.3, 0.4) is 0 Å². The average molecular weight is 261 g/mol. The lowest BCUT2D eigenvalue weighted by atomic mass is 10.1. The van der Waals surface area contributed by atoms with Crippen molar-refractivity contribution < 1.29 is 9.53 Å². The van der Waals surface area contributed by atoms with E-state index in [-0.39, 0.29) is 17.9 Å². The van der Waals surface area contributed by atoms with Crippen LogP contribution in [0.25, 0.3) is 0 Å². The normalized spacial score (nSPS) is 11.9. The second kappa shape index (κ2) is 7.49. The maximum absolute atomic E-state index is 12.0. The highest BCUT2D eigenvalue weighted by Gasteiger charge is 2.17. The van der Waals surface area contributed by atoms with Crippen LogP contribution in [-0.2, 0) is 4.74 Å². The van der Waals surface area contributed by atoms with Crippen LogP contribution in [-0.4, -0.2) is 30.1 Å². The molecule has 1 heterocycles. The van der Waals surface area contributed by atoms with Crippen LogP contribution in [0, 0.1) is 17.2 Å². The monoisotopic (exact) mass is 261 g/mol. The molecule has 5 heteroatoms. The van der Waals surface area contributed by atoms with Gasteiger partial charge in [0.15, 0.2) is 0 Å². The van der Waals surface area contributed by atoms with Gasteiger partial charge >= 0.3 is 0 Å². The Hall–Kier alpha value is -1.93. The zero-order valence-corrected chi connectivity index (χ0v) is 11.5. The molecule has 1 amide bonds. The number of amides is 1. The highest BCUT2D eigenvalue weighted by atomic mass is 16.5. The lowest BCUT2D eigenvalue weighted by Crippen LogP contribution is -2.42. The van der Waals surface area contributed by atoms with Crippen molar-refractivity contribution in [3.8, 4) is 6.07 Å². The first kappa shape index (κ1) is 15.1. The quantitative estimate of drug-likeness (QED) is 0.846. The van der Waals surface area contributed by atoms with Gasteiger partial charge in [-0.25, -0.2) is 4.98 Å². The van der Waals surface area contributed by atoms with E-state index in [4.69, 9.17) is 10.00 Å². The summed E-state index contributed by atoms with van der Waals surface area (Å²) < 4.78 is 5.35. The van der Waals surface area contributed by atoms with Crippen LogP contribution in [0.4, 0.5) is 0 Å². The van der Waals surface area contributed by atoms with Gasteiger partial charge in [0.05, 0.1) is 18.2 Å². The summed E-state index contributed by atoms with van der Waals surface area (Å²) in [4.78, 5) is 16.0. The van der Waals surface area contributed by atoms with Crippen molar-refractivity contribution >= 4 is 5.91 Å². The van der Waals surface area contributed by atoms with Gasteiger partial charge in [-0.3, -0.25) is 4.79 Å². The molecule has 0 aliphatic rings. The summed E-state index contributed by atoms with van der Waals surface area (Å²) in [5, 5.41) is 11.6. The number of rotatable bonds is 6. The second-order valence-electron chi connectivity index (χ2n) is 4.53. The van der Waals surface area contributed by atoms with E-state index in [9.17, 15) is 4.79 Å². The molecule has 1 N–H and O–H groups in total. The summed E-state index contributed by atoms with van der Waals surface area (Å²) in [6.07, 6.45) is 1.39. The number of aromatic nitrogens is 1. The molecule has 0 aliphatic carbocycles. The van der Waals surface area contributed by atoms with Crippen LogP contribution in [0.5, 0.6) is 0 Å². The standard InChI is InChI=1S/C14H19N3O2/c1-4-19-9-13(10(2)3)17-14(18)12-6-5-11(7-15)8-16-12/h5-6,8,10,13H,4,9H2,1-3H3,(H,17,18). The van der Waals surface area contributed by atoms with Crippen molar-refractivity contribution in [1.29, 1.82) is 5.26 Å². The third kappa shape index (κ3) is 4.68. The molecule has 1 aromatic heterocycles. The fourth-order valence-corrected chi connectivity index (χ4v) is 1.48.